The van der Waals surface area contributed by atoms with E-state index in [9.17, 15) is 9.59 Å². The molecule has 0 aliphatic heterocycles. The van der Waals surface area contributed by atoms with Crippen molar-refractivity contribution in [3.63, 3.8) is 0 Å². The lowest BCUT2D eigenvalue weighted by Crippen LogP contribution is -2.15. The molecule has 6 heteroatoms. The molecule has 0 aliphatic carbocycles. The number of carbonyl (C=O) groups excluding carboxylic acids is 1. The smallest absolute Gasteiger partial charge is 0.408 e. The second-order valence-electron chi connectivity index (χ2n) is 4.27. The van der Waals surface area contributed by atoms with E-state index in [4.69, 9.17) is 16.0 Å². The van der Waals surface area contributed by atoms with Crippen LogP contribution in [0.3, 0.4) is 0 Å². The third-order valence-electron chi connectivity index (χ3n) is 2.94. The number of rotatable bonds is 3. The van der Waals surface area contributed by atoms with E-state index < -0.39 is 5.76 Å². The molecular weight excluding hydrogens is 280 g/mol. The summed E-state index contributed by atoms with van der Waals surface area (Å²) in [6.45, 7) is 0.281. The van der Waals surface area contributed by atoms with Crippen molar-refractivity contribution >= 4 is 29.0 Å². The molecule has 3 rings (SSSR count). The van der Waals surface area contributed by atoms with Gasteiger partial charge in [-0.1, -0.05) is 11.6 Å². The van der Waals surface area contributed by atoms with Crippen LogP contribution in [0.15, 0.2) is 45.7 Å². The van der Waals surface area contributed by atoms with Crippen LogP contribution in [0.4, 0.5) is 0 Å². The van der Waals surface area contributed by atoms with Gasteiger partial charge in [-0.15, -0.1) is 0 Å². The van der Waals surface area contributed by atoms with E-state index in [1.165, 1.54) is 16.8 Å². The van der Waals surface area contributed by atoms with Gasteiger partial charge in [0.05, 0.1) is 22.8 Å². The second kappa shape index (κ2) is 4.94. The molecule has 0 saturated heterocycles. The topological polar surface area (TPSA) is 65.1 Å². The number of benzene rings is 1. The van der Waals surface area contributed by atoms with Gasteiger partial charge in [-0.2, -0.15) is 0 Å². The Morgan fingerprint density at radius 2 is 2.15 bits per heavy atom. The fraction of sp³-hybridized carbons (Fsp3) is 0.0714. The Morgan fingerprint density at radius 3 is 2.85 bits per heavy atom. The minimum atomic E-state index is -0.486. The van der Waals surface area contributed by atoms with Crippen molar-refractivity contribution in [2.45, 2.75) is 6.54 Å². The molecule has 0 N–H and O–H groups in total. The first-order chi connectivity index (χ1) is 9.67. The summed E-state index contributed by atoms with van der Waals surface area (Å²) in [7, 11) is 0. The average Bonchev–Trinajstić information content (AvgIpc) is 2.76. The lowest BCUT2D eigenvalue weighted by atomic mass is 10.2. The molecule has 0 spiro atoms. The number of aromatic nitrogens is 2. The average molecular weight is 289 g/mol. The lowest BCUT2D eigenvalue weighted by Gasteiger charge is -2.02. The van der Waals surface area contributed by atoms with E-state index in [1.807, 2.05) is 0 Å². The zero-order valence-corrected chi connectivity index (χ0v) is 11.0. The van der Waals surface area contributed by atoms with Gasteiger partial charge in [0.1, 0.15) is 6.29 Å². The number of oxazole rings is 1. The Balaban J connectivity index is 2.07. The molecule has 100 valence electrons. The summed E-state index contributed by atoms with van der Waals surface area (Å²) in [6, 6.07) is 8.31. The summed E-state index contributed by atoms with van der Waals surface area (Å²) in [5.41, 5.74) is 2.16. The van der Waals surface area contributed by atoms with Crippen molar-refractivity contribution < 1.29 is 9.21 Å². The molecule has 2 heterocycles. The molecule has 0 saturated carbocycles. The molecule has 0 aliphatic rings. The highest BCUT2D eigenvalue weighted by atomic mass is 35.5. The van der Waals surface area contributed by atoms with Crippen molar-refractivity contribution in [2.75, 3.05) is 0 Å². The molecule has 3 aromatic rings. The van der Waals surface area contributed by atoms with E-state index in [1.54, 1.807) is 24.3 Å². The number of pyridine rings is 1. The summed E-state index contributed by atoms with van der Waals surface area (Å²) in [6.07, 6.45) is 2.23. The molecule has 1 aromatic carbocycles. The zero-order valence-electron chi connectivity index (χ0n) is 10.2. The van der Waals surface area contributed by atoms with E-state index in [-0.39, 0.29) is 6.54 Å². The van der Waals surface area contributed by atoms with Gasteiger partial charge in [0.25, 0.3) is 0 Å². The molecular formula is C14H9ClN2O3. The van der Waals surface area contributed by atoms with Gasteiger partial charge < -0.3 is 4.42 Å². The van der Waals surface area contributed by atoms with Gasteiger partial charge in [-0.25, -0.2) is 4.79 Å². The first kappa shape index (κ1) is 12.6. The summed E-state index contributed by atoms with van der Waals surface area (Å²) < 4.78 is 6.59. The molecule has 0 bridgehead atoms. The maximum absolute atomic E-state index is 11.9. The van der Waals surface area contributed by atoms with Crippen molar-refractivity contribution in [3.8, 4) is 0 Å². The monoisotopic (exact) mass is 288 g/mol. The minimum Gasteiger partial charge on any atom is -0.408 e. The zero-order chi connectivity index (χ0) is 14.1. The third kappa shape index (κ3) is 2.23. The predicted octanol–water partition coefficient (Wildman–Crippen LogP) is 2.50. The van der Waals surface area contributed by atoms with Crippen LogP contribution in [0, 0.1) is 0 Å². The molecule has 0 amide bonds. The third-order valence-corrected chi connectivity index (χ3v) is 3.16. The lowest BCUT2D eigenvalue weighted by molar-refractivity contribution is 0.112. The molecule has 5 nitrogen and oxygen atoms in total. The number of hydrogen-bond donors (Lipinski definition) is 0. The fourth-order valence-electron chi connectivity index (χ4n) is 1.97. The van der Waals surface area contributed by atoms with Crippen molar-refractivity contribution in [1.29, 1.82) is 0 Å². The van der Waals surface area contributed by atoms with Crippen molar-refractivity contribution in [1.82, 2.24) is 9.55 Å². The van der Waals surface area contributed by atoms with Crippen LogP contribution in [-0.2, 0) is 6.54 Å². The van der Waals surface area contributed by atoms with E-state index in [2.05, 4.69) is 4.98 Å². The minimum absolute atomic E-state index is 0.281. The SMILES string of the molecule is O=Cc1ccc2c(c1)oc(=O)n2Cc1ccc(Cl)cn1. The number of carbonyl (C=O) groups is 1. The molecule has 0 fully saturated rings. The Labute approximate surface area is 118 Å². The molecule has 0 atom stereocenters. The van der Waals surface area contributed by atoms with Crippen LogP contribution in [0.1, 0.15) is 16.1 Å². The highest BCUT2D eigenvalue weighted by molar-refractivity contribution is 6.30. The number of aldehydes is 1. The Morgan fingerprint density at radius 1 is 1.30 bits per heavy atom. The molecule has 0 unspecified atom stereocenters. The largest absolute Gasteiger partial charge is 0.420 e. The van der Waals surface area contributed by atoms with Crippen LogP contribution in [0.2, 0.25) is 5.02 Å². The number of halogens is 1. The van der Waals surface area contributed by atoms with Crippen molar-refractivity contribution in [2.24, 2.45) is 0 Å². The van der Waals surface area contributed by atoms with Gasteiger partial charge in [0.2, 0.25) is 0 Å². The molecule has 0 radical (unpaired) electrons. The highest BCUT2D eigenvalue weighted by Gasteiger charge is 2.10. The van der Waals surface area contributed by atoms with Crippen LogP contribution < -0.4 is 5.76 Å². The summed E-state index contributed by atoms with van der Waals surface area (Å²) in [5.74, 6) is -0.486. The van der Waals surface area contributed by atoms with E-state index in [0.29, 0.717) is 33.7 Å². The Bertz CT molecular complexity index is 834. The van der Waals surface area contributed by atoms with Gasteiger partial charge >= 0.3 is 5.76 Å². The van der Waals surface area contributed by atoms with Crippen LogP contribution in [0.25, 0.3) is 11.1 Å². The van der Waals surface area contributed by atoms with E-state index >= 15 is 0 Å². The molecule has 20 heavy (non-hydrogen) atoms. The van der Waals surface area contributed by atoms with Gasteiger partial charge in [0.15, 0.2) is 5.58 Å². The van der Waals surface area contributed by atoms with Crippen LogP contribution in [-0.4, -0.2) is 15.8 Å². The fourth-order valence-corrected chi connectivity index (χ4v) is 2.08. The van der Waals surface area contributed by atoms with Crippen molar-refractivity contribution in [3.05, 3.63) is 63.4 Å². The van der Waals surface area contributed by atoms with Crippen LogP contribution in [0.5, 0.6) is 0 Å². The highest BCUT2D eigenvalue weighted by Crippen LogP contribution is 2.15. The van der Waals surface area contributed by atoms with Crippen LogP contribution >= 0.6 is 11.6 Å². The molecule has 2 aromatic heterocycles. The van der Waals surface area contributed by atoms with E-state index in [0.717, 1.165) is 0 Å². The standard InChI is InChI=1S/C14H9ClN2O3/c15-10-2-3-11(16-6-10)7-17-12-4-1-9(8-18)5-13(12)20-14(17)19/h1-6,8H,7H2. The van der Waals surface area contributed by atoms with Gasteiger partial charge in [-0.05, 0) is 30.3 Å². The summed E-state index contributed by atoms with van der Waals surface area (Å²) in [5, 5.41) is 0.536. The summed E-state index contributed by atoms with van der Waals surface area (Å²) >= 11 is 5.77. The Hall–Kier alpha value is -2.40. The summed E-state index contributed by atoms with van der Waals surface area (Å²) in [4.78, 5) is 26.7. The normalized spacial score (nSPS) is 10.8. The predicted molar refractivity (Wildman–Crippen MR) is 74.2 cm³/mol. The first-order valence-corrected chi connectivity index (χ1v) is 6.24. The van der Waals surface area contributed by atoms with Gasteiger partial charge in [-0.3, -0.25) is 14.3 Å². The Kier molecular flexibility index (Phi) is 3.12. The number of hydrogen-bond acceptors (Lipinski definition) is 4. The number of fused-ring (bicyclic) bond motifs is 1. The number of nitrogens with zero attached hydrogens (tertiary/aromatic N) is 2. The first-order valence-electron chi connectivity index (χ1n) is 5.86. The second-order valence-corrected chi connectivity index (χ2v) is 4.70. The quantitative estimate of drug-likeness (QED) is 0.695. The maximum Gasteiger partial charge on any atom is 0.420 e. The maximum atomic E-state index is 11.9. The van der Waals surface area contributed by atoms with Gasteiger partial charge in [0, 0.05) is 11.8 Å².